The Balaban J connectivity index is 2.09. The molecule has 1 aromatic rings. The molecule has 0 saturated carbocycles. The molecule has 1 aliphatic carbocycles. The van der Waals surface area contributed by atoms with E-state index in [0.29, 0.717) is 0 Å². The summed E-state index contributed by atoms with van der Waals surface area (Å²) in [7, 11) is 0. The number of carbonyl (C=O) groups is 2. The van der Waals surface area contributed by atoms with E-state index in [1.807, 2.05) is 6.92 Å². The number of nitrogens with one attached hydrogen (secondary N) is 2. The molecule has 25 heavy (non-hydrogen) atoms. The molecular weight excluding hydrogens is 318 g/mol. The van der Waals surface area contributed by atoms with E-state index in [1.54, 1.807) is 6.07 Å². The monoisotopic (exact) mass is 341 g/mol. The number of aliphatic carboxylic acids is 1. The van der Waals surface area contributed by atoms with Crippen molar-refractivity contribution in [3.05, 3.63) is 46.7 Å². The van der Waals surface area contributed by atoms with Gasteiger partial charge in [0.15, 0.2) is 0 Å². The van der Waals surface area contributed by atoms with Crippen LogP contribution in [0.3, 0.4) is 0 Å². The lowest BCUT2D eigenvalue weighted by Crippen LogP contribution is -2.31. The number of hydrogen-bond acceptors (Lipinski definition) is 4. The molecule has 0 fully saturated rings. The predicted octanol–water partition coefficient (Wildman–Crippen LogP) is 2.21. The number of benzene rings is 1. The zero-order valence-electron chi connectivity index (χ0n) is 14.3. The molecule has 132 valence electrons. The summed E-state index contributed by atoms with van der Waals surface area (Å²) < 4.78 is 0. The van der Waals surface area contributed by atoms with Gasteiger partial charge in [-0.05, 0) is 48.8 Å². The first-order valence-electron chi connectivity index (χ1n) is 8.53. The molecule has 1 aromatic carbocycles. The summed E-state index contributed by atoms with van der Waals surface area (Å²) in [4.78, 5) is 22.3. The minimum absolute atomic E-state index is 0.0112. The van der Waals surface area contributed by atoms with Crippen LogP contribution in [-0.4, -0.2) is 23.5 Å². The number of amides is 1. The fourth-order valence-electron chi connectivity index (χ4n) is 3.00. The topological polar surface area (TPSA) is 102 Å². The Morgan fingerprint density at radius 2 is 2.04 bits per heavy atom. The van der Waals surface area contributed by atoms with Gasteiger partial charge in [0.25, 0.3) is 5.91 Å². The molecule has 3 N–H and O–H groups in total. The number of nitrogens with zero attached hydrogens (tertiary/aromatic N) is 1. The Morgan fingerprint density at radius 1 is 1.32 bits per heavy atom. The molecule has 1 unspecified atom stereocenters. The fourth-order valence-corrected chi connectivity index (χ4v) is 3.00. The van der Waals surface area contributed by atoms with Gasteiger partial charge in [0.1, 0.15) is 18.2 Å². The number of rotatable bonds is 7. The van der Waals surface area contributed by atoms with E-state index in [-0.39, 0.29) is 11.6 Å². The van der Waals surface area contributed by atoms with E-state index in [0.717, 1.165) is 24.8 Å². The third-order valence-corrected chi connectivity index (χ3v) is 4.38. The number of carboxylic acids is 1. The van der Waals surface area contributed by atoms with Crippen LogP contribution in [0.1, 0.15) is 48.9 Å². The zero-order chi connectivity index (χ0) is 18.2. The summed E-state index contributed by atoms with van der Waals surface area (Å²) in [6.45, 7) is 1.52. The first kappa shape index (κ1) is 18.5. The van der Waals surface area contributed by atoms with Gasteiger partial charge >= 0.3 is 5.97 Å². The van der Waals surface area contributed by atoms with Crippen molar-refractivity contribution in [3.8, 4) is 6.07 Å². The van der Waals surface area contributed by atoms with E-state index >= 15 is 0 Å². The summed E-state index contributed by atoms with van der Waals surface area (Å²) in [6, 6.07) is 8.26. The molecule has 0 spiro atoms. The average molecular weight is 341 g/mol. The second-order valence-electron chi connectivity index (χ2n) is 6.11. The number of hydrogen-bond donors (Lipinski definition) is 3. The maximum absolute atomic E-state index is 11.8. The van der Waals surface area contributed by atoms with Gasteiger partial charge < -0.3 is 15.7 Å². The average Bonchev–Trinajstić information content (AvgIpc) is 2.63. The molecule has 1 amide bonds. The highest BCUT2D eigenvalue weighted by Gasteiger charge is 2.15. The highest BCUT2D eigenvalue weighted by molar-refractivity contribution is 5.98. The molecule has 2 rings (SSSR count). The second kappa shape index (κ2) is 8.88. The molecule has 0 heterocycles. The van der Waals surface area contributed by atoms with Crippen LogP contribution in [0.2, 0.25) is 0 Å². The number of aryl methyl sites for hydroxylation is 2. The van der Waals surface area contributed by atoms with Crippen molar-refractivity contribution in [1.82, 2.24) is 10.6 Å². The molecule has 1 aliphatic rings. The van der Waals surface area contributed by atoms with Crippen molar-refractivity contribution >= 4 is 11.9 Å². The molecule has 0 aliphatic heterocycles. The lowest BCUT2D eigenvalue weighted by Gasteiger charge is -2.21. The van der Waals surface area contributed by atoms with Crippen LogP contribution in [0.4, 0.5) is 0 Å². The van der Waals surface area contributed by atoms with E-state index < -0.39 is 18.4 Å². The van der Waals surface area contributed by atoms with Crippen LogP contribution in [0.15, 0.2) is 30.0 Å². The Bertz CT molecular complexity index is 719. The van der Waals surface area contributed by atoms with Crippen LogP contribution in [0, 0.1) is 11.3 Å². The second-order valence-corrected chi connectivity index (χ2v) is 6.11. The molecule has 6 nitrogen and oxygen atoms in total. The highest BCUT2D eigenvalue weighted by atomic mass is 16.4. The van der Waals surface area contributed by atoms with Gasteiger partial charge in [-0.1, -0.05) is 25.1 Å². The van der Waals surface area contributed by atoms with Crippen molar-refractivity contribution in [2.24, 2.45) is 0 Å². The van der Waals surface area contributed by atoms with Crippen molar-refractivity contribution in [3.63, 3.8) is 0 Å². The van der Waals surface area contributed by atoms with Crippen molar-refractivity contribution in [2.75, 3.05) is 6.54 Å². The largest absolute Gasteiger partial charge is 0.480 e. The summed E-state index contributed by atoms with van der Waals surface area (Å²) in [6.07, 6.45) is 6.83. The van der Waals surface area contributed by atoms with Gasteiger partial charge in [-0.2, -0.15) is 5.26 Å². The Hall–Kier alpha value is -2.81. The van der Waals surface area contributed by atoms with E-state index in [4.69, 9.17) is 10.4 Å². The minimum Gasteiger partial charge on any atom is -0.480 e. The summed E-state index contributed by atoms with van der Waals surface area (Å²) in [5.41, 5.74) is 3.78. The number of carbonyl (C=O) groups excluding carboxylic acids is 1. The maximum atomic E-state index is 11.8. The molecule has 6 heteroatoms. The highest BCUT2D eigenvalue weighted by Crippen LogP contribution is 2.26. The van der Waals surface area contributed by atoms with E-state index in [2.05, 4.69) is 28.8 Å². The lowest BCUT2D eigenvalue weighted by molar-refractivity contribution is -0.137. The van der Waals surface area contributed by atoms with Gasteiger partial charge in [0.2, 0.25) is 0 Å². The van der Waals surface area contributed by atoms with Crippen LogP contribution in [0.25, 0.3) is 0 Å². The molecule has 1 atom stereocenters. The zero-order valence-corrected chi connectivity index (χ0v) is 14.3. The Labute approximate surface area is 147 Å². The maximum Gasteiger partial charge on any atom is 0.322 e. The molecule has 0 aromatic heterocycles. The molecule has 0 radical (unpaired) electrons. The third-order valence-electron chi connectivity index (χ3n) is 4.38. The van der Waals surface area contributed by atoms with Crippen LogP contribution >= 0.6 is 0 Å². The quantitative estimate of drug-likeness (QED) is 0.521. The van der Waals surface area contributed by atoms with Crippen LogP contribution < -0.4 is 10.6 Å². The van der Waals surface area contributed by atoms with Gasteiger partial charge in [0, 0.05) is 6.20 Å². The summed E-state index contributed by atoms with van der Waals surface area (Å²) in [5.74, 6) is -1.85. The molecular formula is C19H23N3O3. The van der Waals surface area contributed by atoms with Gasteiger partial charge in [-0.3, -0.25) is 9.59 Å². The van der Waals surface area contributed by atoms with Gasteiger partial charge in [-0.15, -0.1) is 0 Å². The number of fused-ring (bicyclic) bond motifs is 1. The molecule has 0 saturated heterocycles. The third kappa shape index (κ3) is 5.08. The summed E-state index contributed by atoms with van der Waals surface area (Å²) in [5, 5.41) is 23.0. The number of nitriles is 1. The lowest BCUT2D eigenvalue weighted by atomic mass is 9.89. The first-order chi connectivity index (χ1) is 12.0. The normalized spacial score (nSPS) is 14.8. The van der Waals surface area contributed by atoms with E-state index in [9.17, 15) is 9.59 Å². The molecule has 0 bridgehead atoms. The summed E-state index contributed by atoms with van der Waals surface area (Å²) >= 11 is 0. The fraction of sp³-hybridized carbons (Fsp3) is 0.421. The SMILES string of the molecule is CCC(N/C=C(/C#N)C(=O)NCC(=O)O)c1ccc2c(c1)CCCC2. The number of carboxylic acid groups (broad SMARTS) is 1. The van der Waals surface area contributed by atoms with Crippen LogP contribution in [0.5, 0.6) is 0 Å². The van der Waals surface area contributed by atoms with Crippen molar-refractivity contribution in [2.45, 2.75) is 45.1 Å². The van der Waals surface area contributed by atoms with Gasteiger partial charge in [0.05, 0.1) is 6.04 Å². The Morgan fingerprint density at radius 3 is 2.68 bits per heavy atom. The predicted molar refractivity (Wildman–Crippen MR) is 93.6 cm³/mol. The van der Waals surface area contributed by atoms with Crippen molar-refractivity contribution in [1.29, 1.82) is 5.26 Å². The standard InChI is InChI=1S/C19H23N3O3/c1-2-17(15-8-7-13-5-3-4-6-14(13)9-15)21-11-16(10-20)19(25)22-12-18(23)24/h7-9,11,17,21H,2-6,12H2,1H3,(H,22,25)(H,23,24)/b16-11-. The van der Waals surface area contributed by atoms with E-state index in [1.165, 1.54) is 30.2 Å². The Kier molecular flexibility index (Phi) is 6.58. The first-order valence-corrected chi connectivity index (χ1v) is 8.53. The van der Waals surface area contributed by atoms with Crippen molar-refractivity contribution < 1.29 is 14.7 Å². The smallest absolute Gasteiger partial charge is 0.322 e. The van der Waals surface area contributed by atoms with Crippen LogP contribution in [-0.2, 0) is 22.4 Å². The van der Waals surface area contributed by atoms with Gasteiger partial charge in [-0.25, -0.2) is 0 Å². The minimum atomic E-state index is -1.15.